The summed E-state index contributed by atoms with van der Waals surface area (Å²) in [6.45, 7) is 6.76. The molecule has 0 aromatic carbocycles. The van der Waals surface area contributed by atoms with Gasteiger partial charge < -0.3 is 9.77 Å². The average molecular weight is 248 g/mol. The van der Waals surface area contributed by atoms with Crippen LogP contribution in [0.25, 0.3) is 11.2 Å². The highest BCUT2D eigenvalue weighted by Crippen LogP contribution is 2.09. The highest BCUT2D eigenvalue weighted by atomic mass is 16.5. The third kappa shape index (κ3) is 2.01. The number of allylic oxidation sites excluding steroid dienone is 1. The van der Waals surface area contributed by atoms with Crippen LogP contribution in [0.2, 0.25) is 0 Å². The molecular weight excluding hydrogens is 232 g/mol. The number of aromatic nitrogens is 4. The van der Waals surface area contributed by atoms with Crippen LogP contribution in [0.3, 0.4) is 0 Å². The Bertz CT molecular complexity index is 627. The molecule has 2 heterocycles. The molecule has 6 heteroatoms. The van der Waals surface area contributed by atoms with Crippen LogP contribution < -0.4 is 10.4 Å². The Morgan fingerprint density at radius 2 is 2.39 bits per heavy atom. The van der Waals surface area contributed by atoms with E-state index in [1.54, 1.807) is 17.0 Å². The molecule has 0 saturated carbocycles. The van der Waals surface area contributed by atoms with Crippen molar-refractivity contribution in [1.82, 2.24) is 14.1 Å². The number of imidazole rings is 1. The molecule has 2 aromatic heterocycles. The van der Waals surface area contributed by atoms with Gasteiger partial charge in [0.15, 0.2) is 5.52 Å². The first-order chi connectivity index (χ1) is 8.69. The first-order valence-corrected chi connectivity index (χ1v) is 5.97. The fourth-order valence-electron chi connectivity index (χ4n) is 1.90. The maximum atomic E-state index is 11.8. The highest BCUT2D eigenvalue weighted by Gasteiger charge is 2.16. The molecule has 96 valence electrons. The van der Waals surface area contributed by atoms with Gasteiger partial charge in [0.25, 0.3) is 5.65 Å². The molecule has 0 aliphatic rings. The summed E-state index contributed by atoms with van der Waals surface area (Å²) < 4.78 is 3.59. The minimum atomic E-state index is -0.570. The molecule has 0 atom stereocenters. The van der Waals surface area contributed by atoms with Crippen molar-refractivity contribution >= 4 is 11.2 Å². The van der Waals surface area contributed by atoms with E-state index in [1.807, 2.05) is 6.92 Å². The van der Waals surface area contributed by atoms with Crippen LogP contribution in [0.15, 0.2) is 30.0 Å². The number of hydrogen-bond donors (Lipinski definition) is 0. The molecule has 0 unspecified atom stereocenters. The maximum Gasteiger partial charge on any atom is 0.502 e. The molecule has 0 amide bonds. The van der Waals surface area contributed by atoms with Crippen LogP contribution in [-0.2, 0) is 13.1 Å². The average Bonchev–Trinajstić information content (AvgIpc) is 2.74. The van der Waals surface area contributed by atoms with Gasteiger partial charge in [-0.3, -0.25) is 0 Å². The highest BCUT2D eigenvalue weighted by molar-refractivity contribution is 5.69. The summed E-state index contributed by atoms with van der Waals surface area (Å²) >= 11 is 0. The van der Waals surface area contributed by atoms with Crippen LogP contribution in [-0.4, -0.2) is 14.1 Å². The molecule has 6 nitrogen and oxygen atoms in total. The van der Waals surface area contributed by atoms with Gasteiger partial charge in [-0.1, -0.05) is 19.4 Å². The Morgan fingerprint density at radius 3 is 3.06 bits per heavy atom. The standard InChI is InChI=1S/C12H16N4O2/c1-3-5-7-15-11-10(8-16(18)12(15)17)14(6-4-2)9-13-11/h4,8-9H,2-3,5-7H2,1H3. The van der Waals surface area contributed by atoms with E-state index in [9.17, 15) is 10.0 Å². The van der Waals surface area contributed by atoms with Gasteiger partial charge in [0.1, 0.15) is 12.5 Å². The van der Waals surface area contributed by atoms with Crippen molar-refractivity contribution in [3.63, 3.8) is 0 Å². The molecule has 18 heavy (non-hydrogen) atoms. The van der Waals surface area contributed by atoms with Crippen molar-refractivity contribution in [2.75, 3.05) is 0 Å². The Morgan fingerprint density at radius 1 is 1.61 bits per heavy atom. The molecule has 0 spiro atoms. The molecule has 0 aliphatic carbocycles. The molecule has 2 rings (SSSR count). The van der Waals surface area contributed by atoms with Gasteiger partial charge in [0.2, 0.25) is 0 Å². The summed E-state index contributed by atoms with van der Waals surface area (Å²) in [7, 11) is 0. The van der Waals surface area contributed by atoms with Crippen LogP contribution in [0, 0.1) is 5.21 Å². The van der Waals surface area contributed by atoms with Gasteiger partial charge in [-0.05, 0) is 6.42 Å². The summed E-state index contributed by atoms with van der Waals surface area (Å²) in [5.74, 6) is 0. The quantitative estimate of drug-likeness (QED) is 0.447. The Kier molecular flexibility index (Phi) is 3.45. The molecule has 0 aliphatic heterocycles. The predicted molar refractivity (Wildman–Crippen MR) is 68.1 cm³/mol. The summed E-state index contributed by atoms with van der Waals surface area (Å²) in [5, 5.41) is 11.6. The van der Waals surface area contributed by atoms with Gasteiger partial charge in [-0.15, -0.1) is 6.58 Å². The smallest absolute Gasteiger partial charge is 0.502 e. The lowest BCUT2D eigenvalue weighted by molar-refractivity contribution is -0.625. The molecule has 0 N–H and O–H groups in total. The molecular formula is C12H16N4O2. The lowest BCUT2D eigenvalue weighted by Crippen LogP contribution is -2.50. The molecule has 0 radical (unpaired) electrons. The zero-order chi connectivity index (χ0) is 13.1. The van der Waals surface area contributed by atoms with E-state index in [-0.39, 0.29) is 0 Å². The summed E-state index contributed by atoms with van der Waals surface area (Å²) in [6, 6.07) is 0. The van der Waals surface area contributed by atoms with Crippen LogP contribution >= 0.6 is 0 Å². The van der Waals surface area contributed by atoms with Crippen molar-refractivity contribution in [3.8, 4) is 0 Å². The number of fused-ring (bicyclic) bond motifs is 1. The second-order valence-electron chi connectivity index (χ2n) is 4.14. The maximum absolute atomic E-state index is 11.8. The van der Waals surface area contributed by atoms with Gasteiger partial charge in [0.05, 0.1) is 6.54 Å². The lowest BCUT2D eigenvalue weighted by atomic mass is 10.3. The minimum absolute atomic E-state index is 0.360. The normalized spacial score (nSPS) is 10.9. The van der Waals surface area contributed by atoms with Crippen LogP contribution in [0.1, 0.15) is 19.8 Å². The third-order valence-corrected chi connectivity index (χ3v) is 2.83. The zero-order valence-corrected chi connectivity index (χ0v) is 10.4. The Hall–Kier alpha value is -2.11. The first-order valence-electron chi connectivity index (χ1n) is 5.97. The van der Waals surface area contributed by atoms with E-state index in [1.165, 1.54) is 10.8 Å². The number of hydrogen-bond acceptors (Lipinski definition) is 3. The first kappa shape index (κ1) is 12.3. The zero-order valence-electron chi connectivity index (χ0n) is 10.4. The van der Waals surface area contributed by atoms with Crippen molar-refractivity contribution < 1.29 is 4.73 Å². The Labute approximate surface area is 104 Å². The summed E-state index contributed by atoms with van der Waals surface area (Å²) in [6.07, 6.45) is 6.41. The second kappa shape index (κ2) is 5.03. The Balaban J connectivity index is 2.63. The summed E-state index contributed by atoms with van der Waals surface area (Å²) in [4.78, 5) is 16.0. The van der Waals surface area contributed by atoms with Gasteiger partial charge in [-0.2, -0.15) is 19.1 Å². The molecule has 0 saturated heterocycles. The van der Waals surface area contributed by atoms with E-state index in [0.29, 0.717) is 29.0 Å². The number of rotatable bonds is 5. The van der Waals surface area contributed by atoms with Gasteiger partial charge in [-0.25, -0.2) is 0 Å². The minimum Gasteiger partial charge on any atom is -0.708 e. The van der Waals surface area contributed by atoms with Gasteiger partial charge in [0, 0.05) is 6.54 Å². The van der Waals surface area contributed by atoms with E-state index < -0.39 is 5.69 Å². The predicted octanol–water partition coefficient (Wildman–Crippen LogP) is 0.817. The molecule has 2 aromatic rings. The van der Waals surface area contributed by atoms with E-state index in [0.717, 1.165) is 12.8 Å². The monoisotopic (exact) mass is 248 g/mol. The largest absolute Gasteiger partial charge is 0.708 e. The van der Waals surface area contributed by atoms with E-state index in [2.05, 4.69) is 11.6 Å². The van der Waals surface area contributed by atoms with Gasteiger partial charge >= 0.3 is 5.69 Å². The summed E-state index contributed by atoms with van der Waals surface area (Å²) in [5.41, 5.74) is 0.641. The van der Waals surface area contributed by atoms with Crippen molar-refractivity contribution in [2.45, 2.75) is 32.9 Å². The second-order valence-corrected chi connectivity index (χ2v) is 4.14. The van der Waals surface area contributed by atoms with Crippen molar-refractivity contribution in [3.05, 3.63) is 40.9 Å². The van der Waals surface area contributed by atoms with Crippen LogP contribution in [0.4, 0.5) is 0 Å². The number of aryl methyl sites for hydroxylation is 1. The van der Waals surface area contributed by atoms with E-state index >= 15 is 0 Å². The van der Waals surface area contributed by atoms with Crippen molar-refractivity contribution in [2.24, 2.45) is 0 Å². The number of nitrogens with zero attached hydrogens (tertiary/aromatic N) is 4. The topological polar surface area (TPSA) is 66.8 Å². The third-order valence-electron chi connectivity index (χ3n) is 2.83. The SMILES string of the molecule is C=CCn1cnc2c1c[n+]([O-])c(=O)n2CCCC. The lowest BCUT2D eigenvalue weighted by Gasteiger charge is -2.05. The van der Waals surface area contributed by atoms with Crippen LogP contribution in [0.5, 0.6) is 0 Å². The fourth-order valence-corrected chi connectivity index (χ4v) is 1.90. The van der Waals surface area contributed by atoms with Crippen molar-refractivity contribution in [1.29, 1.82) is 0 Å². The van der Waals surface area contributed by atoms with E-state index in [4.69, 9.17) is 0 Å². The molecule has 0 fully saturated rings. The number of unbranched alkanes of at least 4 members (excludes halogenated alkanes) is 1. The fraction of sp³-hybridized carbons (Fsp3) is 0.417. The molecule has 0 bridgehead atoms.